The van der Waals surface area contributed by atoms with Gasteiger partial charge in [0.2, 0.25) is 0 Å². The number of aromatic nitrogens is 1. The van der Waals surface area contributed by atoms with Gasteiger partial charge in [0.25, 0.3) is 0 Å². The highest BCUT2D eigenvalue weighted by atomic mass is 16.5. The molecule has 2 amide bonds. The lowest BCUT2D eigenvalue weighted by Crippen LogP contribution is -2.24. The third kappa shape index (κ3) is 5.00. The lowest BCUT2D eigenvalue weighted by molar-refractivity contribution is 0.252. The maximum absolute atomic E-state index is 12.0. The molecule has 7 nitrogen and oxygen atoms in total. The molecule has 0 unspecified atom stereocenters. The predicted molar refractivity (Wildman–Crippen MR) is 119 cm³/mol. The highest BCUT2D eigenvalue weighted by Crippen LogP contribution is 2.22. The molecular formula is C23H26N4O3. The van der Waals surface area contributed by atoms with Crippen LogP contribution in [0.1, 0.15) is 23.9 Å². The molecule has 156 valence electrons. The number of urea groups is 1. The fourth-order valence-corrected chi connectivity index (χ4v) is 3.17. The van der Waals surface area contributed by atoms with E-state index in [1.807, 2.05) is 51.1 Å². The van der Waals surface area contributed by atoms with Crippen LogP contribution in [0, 0.1) is 13.8 Å². The number of benzene rings is 2. The lowest BCUT2D eigenvalue weighted by atomic mass is 10.2. The quantitative estimate of drug-likeness (QED) is 0.443. The van der Waals surface area contributed by atoms with Crippen LogP contribution in [0.5, 0.6) is 11.5 Å². The zero-order valence-corrected chi connectivity index (χ0v) is 17.6. The van der Waals surface area contributed by atoms with Gasteiger partial charge in [-0.3, -0.25) is 0 Å². The number of nitrogens with one attached hydrogen (secondary N) is 2. The second-order valence-electron chi connectivity index (χ2n) is 6.64. The molecule has 0 saturated heterocycles. The van der Waals surface area contributed by atoms with E-state index in [2.05, 4.69) is 20.4 Å². The maximum atomic E-state index is 12.0. The summed E-state index contributed by atoms with van der Waals surface area (Å²) < 4.78 is 12.7. The summed E-state index contributed by atoms with van der Waals surface area (Å²) >= 11 is 0. The fraction of sp³-hybridized carbons (Fsp3) is 0.217. The standard InChI is InChI=1S/C23H26N4O3/c1-5-30-22-12-8-20(9-13-22)27-16(2)14-18(17(27)3)15-24-26-23(28)25-19-6-10-21(29-4)11-7-19/h6-15H,5H2,1-4H3,(H2,25,26,28)/b24-15+. The van der Waals surface area contributed by atoms with Crippen molar-refractivity contribution in [3.8, 4) is 17.2 Å². The van der Waals surface area contributed by atoms with Crippen LogP contribution in [0.25, 0.3) is 5.69 Å². The van der Waals surface area contributed by atoms with E-state index >= 15 is 0 Å². The van der Waals surface area contributed by atoms with E-state index in [1.165, 1.54) is 0 Å². The maximum Gasteiger partial charge on any atom is 0.339 e. The van der Waals surface area contributed by atoms with E-state index in [-0.39, 0.29) is 0 Å². The summed E-state index contributed by atoms with van der Waals surface area (Å²) in [5.74, 6) is 1.57. The van der Waals surface area contributed by atoms with Crippen LogP contribution < -0.4 is 20.2 Å². The first kappa shape index (κ1) is 21.0. The number of carbonyl (C=O) groups excluding carboxylic acids is 1. The second kappa shape index (κ2) is 9.65. The molecule has 2 N–H and O–H groups in total. The van der Waals surface area contributed by atoms with E-state index in [0.717, 1.165) is 34.1 Å². The topological polar surface area (TPSA) is 76.9 Å². The number of anilines is 1. The van der Waals surface area contributed by atoms with Crippen LogP contribution >= 0.6 is 0 Å². The number of hydrazone groups is 1. The first-order chi connectivity index (χ1) is 14.5. The van der Waals surface area contributed by atoms with Gasteiger partial charge in [0.15, 0.2) is 0 Å². The Balaban J connectivity index is 1.65. The van der Waals surface area contributed by atoms with Gasteiger partial charge in [-0.1, -0.05) is 0 Å². The van der Waals surface area contributed by atoms with Gasteiger partial charge in [0.05, 0.1) is 19.9 Å². The smallest absolute Gasteiger partial charge is 0.339 e. The van der Waals surface area contributed by atoms with Gasteiger partial charge < -0.3 is 19.4 Å². The average molecular weight is 406 g/mol. The number of hydrogen-bond donors (Lipinski definition) is 2. The van der Waals surface area contributed by atoms with Crippen molar-refractivity contribution in [3.05, 3.63) is 71.5 Å². The van der Waals surface area contributed by atoms with Gasteiger partial charge in [-0.15, -0.1) is 0 Å². The molecule has 0 radical (unpaired) electrons. The number of carbonyl (C=O) groups is 1. The molecular weight excluding hydrogens is 380 g/mol. The van der Waals surface area contributed by atoms with Crippen molar-refractivity contribution in [3.63, 3.8) is 0 Å². The first-order valence-electron chi connectivity index (χ1n) is 9.68. The monoisotopic (exact) mass is 406 g/mol. The average Bonchev–Trinajstić information content (AvgIpc) is 3.03. The Hall–Kier alpha value is -3.74. The molecule has 0 aliphatic carbocycles. The minimum atomic E-state index is -0.420. The number of methoxy groups -OCH3 is 1. The lowest BCUT2D eigenvalue weighted by Gasteiger charge is -2.11. The molecule has 2 aromatic carbocycles. The van der Waals surface area contributed by atoms with E-state index < -0.39 is 6.03 Å². The molecule has 0 saturated carbocycles. The number of hydrogen-bond acceptors (Lipinski definition) is 4. The van der Waals surface area contributed by atoms with Crippen LogP contribution in [-0.2, 0) is 0 Å². The number of rotatable bonds is 7. The third-order valence-corrected chi connectivity index (χ3v) is 4.59. The van der Waals surface area contributed by atoms with E-state index in [0.29, 0.717) is 12.3 Å². The summed E-state index contributed by atoms with van der Waals surface area (Å²) in [5, 5.41) is 6.79. The Morgan fingerprint density at radius 1 is 1.07 bits per heavy atom. The van der Waals surface area contributed by atoms with E-state index in [1.54, 1.807) is 37.6 Å². The zero-order valence-electron chi connectivity index (χ0n) is 17.6. The summed E-state index contributed by atoms with van der Waals surface area (Å²) in [6.07, 6.45) is 1.64. The van der Waals surface area contributed by atoms with Crippen molar-refractivity contribution in [2.75, 3.05) is 19.0 Å². The van der Waals surface area contributed by atoms with Gasteiger partial charge in [0, 0.05) is 28.3 Å². The number of ether oxygens (including phenoxy) is 2. The summed E-state index contributed by atoms with van der Waals surface area (Å²) in [4.78, 5) is 12.0. The van der Waals surface area contributed by atoms with Gasteiger partial charge in [-0.2, -0.15) is 5.10 Å². The summed E-state index contributed by atoms with van der Waals surface area (Å²) in [6, 6.07) is 16.6. The van der Waals surface area contributed by atoms with Crippen molar-refractivity contribution in [1.29, 1.82) is 0 Å². The minimum Gasteiger partial charge on any atom is -0.497 e. The molecule has 30 heavy (non-hydrogen) atoms. The van der Waals surface area contributed by atoms with Crippen LogP contribution in [0.3, 0.4) is 0 Å². The molecule has 1 aromatic heterocycles. The molecule has 3 rings (SSSR count). The van der Waals surface area contributed by atoms with Crippen LogP contribution in [0.4, 0.5) is 10.5 Å². The Kier molecular flexibility index (Phi) is 6.75. The molecule has 0 aliphatic rings. The van der Waals surface area contributed by atoms with Crippen LogP contribution in [0.2, 0.25) is 0 Å². The summed E-state index contributed by atoms with van der Waals surface area (Å²) in [7, 11) is 1.59. The van der Waals surface area contributed by atoms with Crippen molar-refractivity contribution in [2.45, 2.75) is 20.8 Å². The number of aryl methyl sites for hydroxylation is 1. The van der Waals surface area contributed by atoms with Gasteiger partial charge in [-0.05, 0) is 75.4 Å². The van der Waals surface area contributed by atoms with E-state index in [4.69, 9.17) is 9.47 Å². The van der Waals surface area contributed by atoms with Crippen LogP contribution in [0.15, 0.2) is 59.7 Å². The molecule has 0 atom stereocenters. The fourth-order valence-electron chi connectivity index (χ4n) is 3.17. The van der Waals surface area contributed by atoms with Crippen molar-refractivity contribution in [1.82, 2.24) is 9.99 Å². The van der Waals surface area contributed by atoms with Gasteiger partial charge >= 0.3 is 6.03 Å². The second-order valence-corrected chi connectivity index (χ2v) is 6.64. The number of amides is 2. The SMILES string of the molecule is CCOc1ccc(-n2c(C)cc(/C=N/NC(=O)Nc3ccc(OC)cc3)c2C)cc1. The molecule has 1 heterocycles. The van der Waals surface area contributed by atoms with Crippen molar-refractivity contribution in [2.24, 2.45) is 5.10 Å². The van der Waals surface area contributed by atoms with Gasteiger partial charge in [0.1, 0.15) is 11.5 Å². The van der Waals surface area contributed by atoms with Gasteiger partial charge in [-0.25, -0.2) is 10.2 Å². The molecule has 3 aromatic rings. The predicted octanol–water partition coefficient (Wildman–Crippen LogP) is 4.66. The van der Waals surface area contributed by atoms with E-state index in [9.17, 15) is 4.79 Å². The van der Waals surface area contributed by atoms with Crippen LogP contribution in [-0.4, -0.2) is 30.5 Å². The highest BCUT2D eigenvalue weighted by molar-refractivity contribution is 5.90. The molecule has 0 aliphatic heterocycles. The number of nitrogens with zero attached hydrogens (tertiary/aromatic N) is 2. The Morgan fingerprint density at radius 3 is 2.37 bits per heavy atom. The Morgan fingerprint density at radius 2 is 1.73 bits per heavy atom. The van der Waals surface area contributed by atoms with Crippen molar-refractivity contribution >= 4 is 17.9 Å². The molecule has 0 bridgehead atoms. The van der Waals surface area contributed by atoms with Crippen molar-refractivity contribution < 1.29 is 14.3 Å². The zero-order chi connectivity index (χ0) is 21.5. The third-order valence-electron chi connectivity index (χ3n) is 4.59. The summed E-state index contributed by atoms with van der Waals surface area (Å²) in [6.45, 7) is 6.65. The molecule has 0 spiro atoms. The minimum absolute atomic E-state index is 0.420. The Labute approximate surface area is 176 Å². The first-order valence-corrected chi connectivity index (χ1v) is 9.68. The normalized spacial score (nSPS) is 10.8. The Bertz CT molecular complexity index is 1020. The summed E-state index contributed by atoms with van der Waals surface area (Å²) in [5.41, 5.74) is 7.20. The highest BCUT2D eigenvalue weighted by Gasteiger charge is 2.10. The largest absolute Gasteiger partial charge is 0.497 e. The molecule has 7 heteroatoms. The molecule has 0 fully saturated rings.